The summed E-state index contributed by atoms with van der Waals surface area (Å²) in [5, 5.41) is 18.5. The number of aromatic carboxylic acids is 1. The number of unbranched alkanes of at least 4 members (excludes halogenated alkanes) is 3. The Kier molecular flexibility index (Phi) is 6.19. The van der Waals surface area contributed by atoms with Crippen LogP contribution in [0.5, 0.6) is 11.5 Å². The van der Waals surface area contributed by atoms with Gasteiger partial charge in [-0.2, -0.15) is 0 Å². The highest BCUT2D eigenvalue weighted by Gasteiger charge is 2.14. The van der Waals surface area contributed by atoms with Crippen molar-refractivity contribution in [1.82, 2.24) is 0 Å². The Morgan fingerprint density at radius 3 is 2.68 bits per heavy atom. The predicted molar refractivity (Wildman–Crippen MR) is 73.9 cm³/mol. The van der Waals surface area contributed by atoms with Gasteiger partial charge >= 0.3 is 5.97 Å². The lowest BCUT2D eigenvalue weighted by atomic mass is 10.1. The normalized spacial score (nSPS) is 12.1. The molecule has 1 aromatic rings. The summed E-state index contributed by atoms with van der Waals surface area (Å²) < 4.78 is 5.63. The maximum atomic E-state index is 11.1. The Morgan fingerprint density at radius 2 is 2.05 bits per heavy atom. The molecule has 0 saturated heterocycles. The van der Waals surface area contributed by atoms with Crippen LogP contribution in [0.25, 0.3) is 0 Å². The van der Waals surface area contributed by atoms with E-state index in [2.05, 4.69) is 6.92 Å². The SMILES string of the molecule is CCCCCCC(C)Oc1cc(O)ccc1C(=O)O. The summed E-state index contributed by atoms with van der Waals surface area (Å²) in [6, 6.07) is 4.06. The van der Waals surface area contributed by atoms with Gasteiger partial charge in [0.1, 0.15) is 17.1 Å². The first-order valence-electron chi connectivity index (χ1n) is 6.77. The second-order valence-corrected chi connectivity index (χ2v) is 4.76. The molecule has 4 nitrogen and oxygen atoms in total. The highest BCUT2D eigenvalue weighted by Crippen LogP contribution is 2.26. The summed E-state index contributed by atoms with van der Waals surface area (Å²) in [6.07, 6.45) is 5.45. The van der Waals surface area contributed by atoms with Crippen molar-refractivity contribution < 1.29 is 19.7 Å². The summed E-state index contributed by atoms with van der Waals surface area (Å²) >= 11 is 0. The Labute approximate surface area is 114 Å². The summed E-state index contributed by atoms with van der Waals surface area (Å²) in [5.41, 5.74) is 0.0817. The van der Waals surface area contributed by atoms with Gasteiger partial charge in [0.25, 0.3) is 0 Å². The molecule has 2 N–H and O–H groups in total. The fourth-order valence-corrected chi connectivity index (χ4v) is 1.92. The van der Waals surface area contributed by atoms with E-state index in [9.17, 15) is 9.90 Å². The number of rotatable bonds is 8. The second-order valence-electron chi connectivity index (χ2n) is 4.76. The minimum absolute atomic E-state index is 0.0122. The number of phenolic OH excluding ortho intramolecular Hbond substituents is 1. The van der Waals surface area contributed by atoms with Gasteiger partial charge in [0, 0.05) is 6.07 Å². The molecule has 0 saturated carbocycles. The van der Waals surface area contributed by atoms with Crippen molar-refractivity contribution in [2.24, 2.45) is 0 Å². The number of aromatic hydroxyl groups is 1. The topological polar surface area (TPSA) is 66.8 Å². The lowest BCUT2D eigenvalue weighted by Crippen LogP contribution is -2.14. The maximum Gasteiger partial charge on any atom is 0.339 e. The standard InChI is InChI=1S/C15H22O4/c1-3-4-5-6-7-11(2)19-14-10-12(16)8-9-13(14)15(17)18/h8-11,16H,3-7H2,1-2H3,(H,17,18). The van der Waals surface area contributed by atoms with E-state index in [-0.39, 0.29) is 23.2 Å². The van der Waals surface area contributed by atoms with Crippen LogP contribution in [0.1, 0.15) is 56.3 Å². The molecule has 0 amide bonds. The molecule has 0 aliphatic carbocycles. The third kappa shape index (κ3) is 5.20. The molecule has 1 unspecified atom stereocenters. The highest BCUT2D eigenvalue weighted by molar-refractivity contribution is 5.91. The van der Waals surface area contributed by atoms with Gasteiger partial charge in [0.05, 0.1) is 6.10 Å². The van der Waals surface area contributed by atoms with Crippen molar-refractivity contribution in [1.29, 1.82) is 0 Å². The Bertz CT molecular complexity index is 415. The van der Waals surface area contributed by atoms with Gasteiger partial charge in [-0.25, -0.2) is 4.79 Å². The Morgan fingerprint density at radius 1 is 1.32 bits per heavy atom. The number of hydrogen-bond donors (Lipinski definition) is 2. The monoisotopic (exact) mass is 266 g/mol. The van der Waals surface area contributed by atoms with E-state index in [0.29, 0.717) is 0 Å². The molecule has 19 heavy (non-hydrogen) atoms. The van der Waals surface area contributed by atoms with Crippen molar-refractivity contribution in [3.05, 3.63) is 23.8 Å². The van der Waals surface area contributed by atoms with Crippen molar-refractivity contribution in [2.45, 2.75) is 52.1 Å². The lowest BCUT2D eigenvalue weighted by molar-refractivity contribution is 0.0689. The smallest absolute Gasteiger partial charge is 0.339 e. The van der Waals surface area contributed by atoms with Crippen LogP contribution in [0.3, 0.4) is 0 Å². The minimum atomic E-state index is -1.05. The van der Waals surface area contributed by atoms with Crippen molar-refractivity contribution in [3.63, 3.8) is 0 Å². The molecule has 0 aliphatic heterocycles. The fraction of sp³-hybridized carbons (Fsp3) is 0.533. The Balaban J connectivity index is 2.60. The average Bonchev–Trinajstić information content (AvgIpc) is 2.34. The first-order chi connectivity index (χ1) is 9.04. The Hall–Kier alpha value is -1.71. The van der Waals surface area contributed by atoms with Gasteiger partial charge in [0.2, 0.25) is 0 Å². The van der Waals surface area contributed by atoms with E-state index in [1.165, 1.54) is 31.0 Å². The maximum absolute atomic E-state index is 11.1. The number of ether oxygens (including phenoxy) is 1. The molecule has 0 aromatic heterocycles. The first kappa shape index (κ1) is 15.3. The molecule has 106 valence electrons. The van der Waals surface area contributed by atoms with Gasteiger partial charge in [-0.15, -0.1) is 0 Å². The average molecular weight is 266 g/mol. The second kappa shape index (κ2) is 7.67. The van der Waals surface area contributed by atoms with Gasteiger partial charge in [-0.1, -0.05) is 26.2 Å². The van der Waals surface area contributed by atoms with Gasteiger partial charge in [0.15, 0.2) is 0 Å². The zero-order chi connectivity index (χ0) is 14.3. The quantitative estimate of drug-likeness (QED) is 0.702. The number of phenols is 1. The number of carbonyl (C=O) groups is 1. The van der Waals surface area contributed by atoms with E-state index in [1.807, 2.05) is 6.92 Å². The molecule has 1 atom stereocenters. The summed E-state index contributed by atoms with van der Waals surface area (Å²) in [5.74, 6) is -0.804. The largest absolute Gasteiger partial charge is 0.508 e. The van der Waals surface area contributed by atoms with Crippen LogP contribution >= 0.6 is 0 Å². The highest BCUT2D eigenvalue weighted by atomic mass is 16.5. The van der Waals surface area contributed by atoms with E-state index in [0.717, 1.165) is 19.3 Å². The van der Waals surface area contributed by atoms with Crippen LogP contribution in [-0.2, 0) is 0 Å². The van der Waals surface area contributed by atoms with Crippen LogP contribution in [0.4, 0.5) is 0 Å². The van der Waals surface area contributed by atoms with Crippen LogP contribution < -0.4 is 4.74 Å². The molecular weight excluding hydrogens is 244 g/mol. The zero-order valence-corrected chi connectivity index (χ0v) is 11.6. The third-order valence-corrected chi connectivity index (χ3v) is 2.99. The molecule has 0 fully saturated rings. The van der Waals surface area contributed by atoms with Gasteiger partial charge < -0.3 is 14.9 Å². The van der Waals surface area contributed by atoms with E-state index < -0.39 is 5.97 Å². The van der Waals surface area contributed by atoms with Crippen molar-refractivity contribution in [3.8, 4) is 11.5 Å². The molecular formula is C15H22O4. The van der Waals surface area contributed by atoms with E-state index >= 15 is 0 Å². The molecule has 1 aromatic carbocycles. The minimum Gasteiger partial charge on any atom is -0.508 e. The zero-order valence-electron chi connectivity index (χ0n) is 11.6. The molecule has 4 heteroatoms. The summed E-state index contributed by atoms with van der Waals surface area (Å²) in [7, 11) is 0. The summed E-state index contributed by atoms with van der Waals surface area (Å²) in [4.78, 5) is 11.1. The van der Waals surface area contributed by atoms with Crippen LogP contribution in [-0.4, -0.2) is 22.3 Å². The summed E-state index contributed by atoms with van der Waals surface area (Å²) in [6.45, 7) is 4.08. The molecule has 0 heterocycles. The van der Waals surface area contributed by atoms with Crippen molar-refractivity contribution >= 4 is 5.97 Å². The predicted octanol–water partition coefficient (Wildman–Crippen LogP) is 3.83. The van der Waals surface area contributed by atoms with Gasteiger partial charge in [-0.05, 0) is 31.9 Å². The molecule has 1 rings (SSSR count). The molecule has 0 bridgehead atoms. The van der Waals surface area contributed by atoms with E-state index in [1.54, 1.807) is 0 Å². The molecule has 0 aliphatic rings. The number of hydrogen-bond acceptors (Lipinski definition) is 3. The third-order valence-electron chi connectivity index (χ3n) is 2.99. The van der Waals surface area contributed by atoms with Crippen LogP contribution in [0, 0.1) is 0 Å². The van der Waals surface area contributed by atoms with E-state index in [4.69, 9.17) is 9.84 Å². The number of carboxylic acids is 1. The molecule has 0 spiro atoms. The van der Waals surface area contributed by atoms with Crippen molar-refractivity contribution in [2.75, 3.05) is 0 Å². The number of benzene rings is 1. The number of carboxylic acid groups (broad SMARTS) is 1. The lowest BCUT2D eigenvalue weighted by Gasteiger charge is -2.16. The molecule has 0 radical (unpaired) electrons. The van der Waals surface area contributed by atoms with Gasteiger partial charge in [-0.3, -0.25) is 0 Å². The van der Waals surface area contributed by atoms with Crippen LogP contribution in [0.2, 0.25) is 0 Å². The van der Waals surface area contributed by atoms with Crippen LogP contribution in [0.15, 0.2) is 18.2 Å². The first-order valence-corrected chi connectivity index (χ1v) is 6.77. The fourth-order valence-electron chi connectivity index (χ4n) is 1.92.